The lowest BCUT2D eigenvalue weighted by atomic mass is 10.0. The summed E-state index contributed by atoms with van der Waals surface area (Å²) in [5.74, 6) is -0.262. The van der Waals surface area contributed by atoms with Gasteiger partial charge in [0.25, 0.3) is 0 Å². The van der Waals surface area contributed by atoms with Crippen LogP contribution in [0.2, 0.25) is 0 Å². The highest BCUT2D eigenvalue weighted by molar-refractivity contribution is 7.90. The number of sulfonamides is 1. The quantitative estimate of drug-likeness (QED) is 0.883. The van der Waals surface area contributed by atoms with Crippen LogP contribution in [-0.4, -0.2) is 37.0 Å². The molecule has 1 saturated heterocycles. The van der Waals surface area contributed by atoms with Gasteiger partial charge in [0.1, 0.15) is 0 Å². The molecule has 114 valence electrons. The minimum Gasteiger partial charge on any atom is -0.352 e. The molecule has 1 saturated carbocycles. The molecule has 0 unspecified atom stereocenters. The first-order valence-corrected chi connectivity index (χ1v) is 8.79. The summed E-state index contributed by atoms with van der Waals surface area (Å²) in [5.41, 5.74) is 2.24. The van der Waals surface area contributed by atoms with Crippen molar-refractivity contribution >= 4 is 15.9 Å². The molecule has 0 radical (unpaired) electrons. The standard InChI is InChI=1S/C15H20N2O3S/c1-11-2-4-12(5-3-11)8-16-15(18)13-9-17(10-13)21(19,20)14-6-7-14/h2-5,13-14H,6-10H2,1H3,(H,16,18). The Balaban J connectivity index is 1.46. The predicted octanol–water partition coefficient (Wildman–Crippen LogP) is 1.04. The maximum atomic E-state index is 12.0. The van der Waals surface area contributed by atoms with Crippen LogP contribution in [0.1, 0.15) is 24.0 Å². The zero-order chi connectivity index (χ0) is 15.0. The predicted molar refractivity (Wildman–Crippen MR) is 80.0 cm³/mol. The Morgan fingerprint density at radius 1 is 1.24 bits per heavy atom. The minimum atomic E-state index is -3.11. The van der Waals surface area contributed by atoms with Crippen LogP contribution in [0, 0.1) is 12.8 Å². The van der Waals surface area contributed by atoms with Crippen molar-refractivity contribution < 1.29 is 13.2 Å². The van der Waals surface area contributed by atoms with Crippen LogP contribution in [0.15, 0.2) is 24.3 Å². The molecule has 5 nitrogen and oxygen atoms in total. The molecule has 1 aromatic carbocycles. The first-order valence-electron chi connectivity index (χ1n) is 7.29. The number of hydrogen-bond donors (Lipinski definition) is 1. The molecule has 1 heterocycles. The van der Waals surface area contributed by atoms with E-state index in [2.05, 4.69) is 5.32 Å². The third-order valence-electron chi connectivity index (χ3n) is 4.11. The third kappa shape index (κ3) is 3.11. The van der Waals surface area contributed by atoms with Crippen molar-refractivity contribution in [3.63, 3.8) is 0 Å². The number of carbonyl (C=O) groups excluding carboxylic acids is 1. The fourth-order valence-electron chi connectivity index (χ4n) is 2.43. The summed E-state index contributed by atoms with van der Waals surface area (Å²) in [6.45, 7) is 3.17. The van der Waals surface area contributed by atoms with Crippen molar-refractivity contribution in [1.29, 1.82) is 0 Å². The first-order chi connectivity index (χ1) is 9.96. The van der Waals surface area contributed by atoms with Gasteiger partial charge in [-0.25, -0.2) is 8.42 Å². The molecule has 2 fully saturated rings. The number of carbonyl (C=O) groups is 1. The fraction of sp³-hybridized carbons (Fsp3) is 0.533. The highest BCUT2D eigenvalue weighted by Crippen LogP contribution is 2.34. The van der Waals surface area contributed by atoms with E-state index in [0.29, 0.717) is 19.6 Å². The van der Waals surface area contributed by atoms with E-state index in [9.17, 15) is 13.2 Å². The van der Waals surface area contributed by atoms with Gasteiger partial charge in [-0.2, -0.15) is 4.31 Å². The van der Waals surface area contributed by atoms with Crippen LogP contribution in [0.5, 0.6) is 0 Å². The molecule has 3 rings (SSSR count). The molecule has 2 aliphatic rings. The number of amides is 1. The molecule has 1 amide bonds. The molecule has 1 N–H and O–H groups in total. The average Bonchev–Trinajstić information content (AvgIpc) is 3.20. The lowest BCUT2D eigenvalue weighted by Gasteiger charge is -2.37. The van der Waals surface area contributed by atoms with Gasteiger partial charge in [0.2, 0.25) is 15.9 Å². The van der Waals surface area contributed by atoms with E-state index in [1.807, 2.05) is 31.2 Å². The van der Waals surface area contributed by atoms with Crippen LogP contribution in [0.3, 0.4) is 0 Å². The normalized spacial score (nSPS) is 20.0. The Hall–Kier alpha value is -1.40. The third-order valence-corrected chi connectivity index (χ3v) is 6.44. The summed E-state index contributed by atoms with van der Waals surface area (Å²) in [7, 11) is -3.11. The Morgan fingerprint density at radius 3 is 2.43 bits per heavy atom. The van der Waals surface area contributed by atoms with Crippen molar-refractivity contribution in [2.75, 3.05) is 13.1 Å². The second kappa shape index (κ2) is 5.42. The Bertz CT molecular complexity index is 629. The molecule has 1 aliphatic carbocycles. The van der Waals surface area contributed by atoms with Crippen LogP contribution in [0.4, 0.5) is 0 Å². The van der Waals surface area contributed by atoms with Crippen molar-refractivity contribution in [3.8, 4) is 0 Å². The van der Waals surface area contributed by atoms with E-state index in [0.717, 1.165) is 18.4 Å². The van der Waals surface area contributed by atoms with Crippen molar-refractivity contribution in [2.24, 2.45) is 5.92 Å². The van der Waals surface area contributed by atoms with Gasteiger partial charge in [-0.1, -0.05) is 29.8 Å². The summed E-state index contributed by atoms with van der Waals surface area (Å²) in [5, 5.41) is 2.69. The summed E-state index contributed by atoms with van der Waals surface area (Å²) in [6.07, 6.45) is 1.53. The zero-order valence-corrected chi connectivity index (χ0v) is 12.9. The van der Waals surface area contributed by atoms with E-state index in [1.54, 1.807) is 0 Å². The van der Waals surface area contributed by atoms with Gasteiger partial charge in [-0.15, -0.1) is 0 Å². The van der Waals surface area contributed by atoms with E-state index in [1.165, 1.54) is 9.87 Å². The highest BCUT2D eigenvalue weighted by atomic mass is 32.2. The molecule has 0 bridgehead atoms. The van der Waals surface area contributed by atoms with Crippen LogP contribution >= 0.6 is 0 Å². The van der Waals surface area contributed by atoms with Crippen molar-refractivity contribution in [1.82, 2.24) is 9.62 Å². The second-order valence-corrected chi connectivity index (χ2v) is 8.17. The fourth-order valence-corrected chi connectivity index (χ4v) is 4.36. The zero-order valence-electron chi connectivity index (χ0n) is 12.1. The van der Waals surface area contributed by atoms with Gasteiger partial charge in [0.05, 0.1) is 11.2 Å². The topological polar surface area (TPSA) is 66.5 Å². The van der Waals surface area contributed by atoms with E-state index in [4.69, 9.17) is 0 Å². The van der Waals surface area contributed by atoms with Gasteiger partial charge >= 0.3 is 0 Å². The largest absolute Gasteiger partial charge is 0.352 e. The number of rotatable bonds is 5. The summed E-state index contributed by atoms with van der Waals surface area (Å²) < 4.78 is 25.3. The Labute approximate surface area is 125 Å². The van der Waals surface area contributed by atoms with Gasteiger partial charge in [0, 0.05) is 19.6 Å². The van der Waals surface area contributed by atoms with E-state index in [-0.39, 0.29) is 17.1 Å². The Morgan fingerprint density at radius 2 is 1.86 bits per heavy atom. The van der Waals surface area contributed by atoms with Gasteiger partial charge in [0.15, 0.2) is 0 Å². The number of nitrogens with one attached hydrogen (secondary N) is 1. The van der Waals surface area contributed by atoms with Crippen LogP contribution in [0.25, 0.3) is 0 Å². The highest BCUT2D eigenvalue weighted by Gasteiger charge is 2.46. The van der Waals surface area contributed by atoms with Gasteiger partial charge in [-0.3, -0.25) is 4.79 Å². The lowest BCUT2D eigenvalue weighted by molar-refractivity contribution is -0.128. The number of nitrogens with zero attached hydrogens (tertiary/aromatic N) is 1. The minimum absolute atomic E-state index is 0.0576. The number of aryl methyl sites for hydroxylation is 1. The number of benzene rings is 1. The summed E-state index contributed by atoms with van der Waals surface area (Å²) >= 11 is 0. The molecule has 0 aromatic heterocycles. The first kappa shape index (κ1) is 14.5. The second-order valence-electron chi connectivity index (χ2n) is 5.96. The molecule has 0 spiro atoms. The molecule has 1 aromatic rings. The average molecular weight is 308 g/mol. The maximum Gasteiger partial charge on any atom is 0.226 e. The maximum absolute atomic E-state index is 12.0. The van der Waals surface area contributed by atoms with Gasteiger partial charge < -0.3 is 5.32 Å². The Kier molecular flexibility index (Phi) is 3.75. The molecular weight excluding hydrogens is 288 g/mol. The van der Waals surface area contributed by atoms with Gasteiger partial charge in [-0.05, 0) is 25.3 Å². The van der Waals surface area contributed by atoms with Crippen LogP contribution < -0.4 is 5.32 Å². The molecule has 1 aliphatic heterocycles. The van der Waals surface area contributed by atoms with E-state index < -0.39 is 10.0 Å². The summed E-state index contributed by atoms with van der Waals surface area (Å²) in [6, 6.07) is 7.99. The molecule has 21 heavy (non-hydrogen) atoms. The summed E-state index contributed by atoms with van der Waals surface area (Å²) in [4.78, 5) is 12.0. The molecule has 0 atom stereocenters. The lowest BCUT2D eigenvalue weighted by Crippen LogP contribution is -2.56. The van der Waals surface area contributed by atoms with Crippen molar-refractivity contribution in [2.45, 2.75) is 31.6 Å². The molecule has 6 heteroatoms. The SMILES string of the molecule is Cc1ccc(CNC(=O)C2CN(S(=O)(=O)C3CC3)C2)cc1. The van der Waals surface area contributed by atoms with E-state index >= 15 is 0 Å². The monoisotopic (exact) mass is 308 g/mol. The van der Waals surface area contributed by atoms with Crippen molar-refractivity contribution in [3.05, 3.63) is 35.4 Å². The number of hydrogen-bond acceptors (Lipinski definition) is 3. The smallest absolute Gasteiger partial charge is 0.226 e. The van der Waals surface area contributed by atoms with Crippen LogP contribution in [-0.2, 0) is 21.4 Å². The molecular formula is C15H20N2O3S.